The van der Waals surface area contributed by atoms with Gasteiger partial charge in [-0.05, 0) is 18.6 Å². The van der Waals surface area contributed by atoms with Crippen LogP contribution in [0.2, 0.25) is 5.02 Å². The first-order chi connectivity index (χ1) is 19.7. The normalized spacial score (nSPS) is 14.9. The molecule has 41 heavy (non-hydrogen) atoms. The van der Waals surface area contributed by atoms with Gasteiger partial charge < -0.3 is 20.5 Å². The van der Waals surface area contributed by atoms with Crippen LogP contribution in [0.1, 0.15) is 24.2 Å². The molecule has 4 aromatic rings. The number of aliphatic carboxylic acids is 1. The van der Waals surface area contributed by atoms with Crippen molar-refractivity contribution in [1.82, 2.24) is 35.1 Å². The van der Waals surface area contributed by atoms with Crippen molar-refractivity contribution in [2.45, 2.75) is 32.0 Å². The number of ether oxygens (including phenoxy) is 1. The summed E-state index contributed by atoms with van der Waals surface area (Å²) in [6.07, 6.45) is 3.10. The molecule has 1 atom stereocenters. The van der Waals surface area contributed by atoms with Crippen LogP contribution in [0.3, 0.4) is 0 Å². The van der Waals surface area contributed by atoms with Crippen molar-refractivity contribution in [2.24, 2.45) is 7.05 Å². The lowest BCUT2D eigenvalue weighted by molar-refractivity contribution is -0.136. The van der Waals surface area contributed by atoms with Crippen LogP contribution in [0.15, 0.2) is 47.4 Å². The lowest BCUT2D eigenvalue weighted by Gasteiger charge is -2.14. The fourth-order valence-corrected chi connectivity index (χ4v) is 5.18. The van der Waals surface area contributed by atoms with Gasteiger partial charge in [-0.3, -0.25) is 24.3 Å². The van der Waals surface area contributed by atoms with Crippen LogP contribution in [-0.2, 0) is 29.7 Å². The summed E-state index contributed by atoms with van der Waals surface area (Å²) in [7, 11) is 3.16. The standard InChI is InChI=1S/C28H30ClN7O5/c1-35-23(13-31-14-25(38)39)34-36-15-17(10-22(36)28(35)40)19-4-3-5-20(26(19)29)21-8-6-16(27(33-21)41-2)11-30-12-18-7-9-24(37)32-18/h3-6,8,10,15,18,30-31H,7,9,11-14H2,1-2H3,(H,32,37)(H,38,39)/t18-/m0/s1. The van der Waals surface area contributed by atoms with E-state index in [2.05, 4.69) is 21.0 Å². The number of nitrogens with zero attached hydrogens (tertiary/aromatic N) is 4. The number of rotatable bonds is 11. The number of methoxy groups -OCH3 is 1. The molecule has 0 aliphatic carbocycles. The third-order valence-electron chi connectivity index (χ3n) is 7.00. The highest BCUT2D eigenvalue weighted by Crippen LogP contribution is 2.37. The van der Waals surface area contributed by atoms with Crippen molar-refractivity contribution >= 4 is 29.0 Å². The second-order valence-electron chi connectivity index (χ2n) is 9.80. The number of nitrogens with one attached hydrogen (secondary N) is 3. The van der Waals surface area contributed by atoms with Crippen molar-refractivity contribution < 1.29 is 19.4 Å². The fourth-order valence-electron chi connectivity index (χ4n) is 4.85. The van der Waals surface area contributed by atoms with Crippen LogP contribution in [0.25, 0.3) is 27.9 Å². The Kier molecular flexibility index (Phi) is 8.34. The zero-order chi connectivity index (χ0) is 29.1. The number of hydrogen-bond donors (Lipinski definition) is 4. The van der Waals surface area contributed by atoms with Crippen molar-refractivity contribution in [3.63, 3.8) is 0 Å². The molecule has 4 N–H and O–H groups in total. The third kappa shape index (κ3) is 6.09. The molecule has 214 valence electrons. The first-order valence-corrected chi connectivity index (χ1v) is 13.5. The predicted octanol–water partition coefficient (Wildman–Crippen LogP) is 1.97. The van der Waals surface area contributed by atoms with Crippen molar-refractivity contribution in [3.05, 3.63) is 69.4 Å². The van der Waals surface area contributed by atoms with Gasteiger partial charge >= 0.3 is 5.97 Å². The number of hydrogen-bond acceptors (Lipinski definition) is 8. The molecule has 0 spiro atoms. The molecule has 13 heteroatoms. The van der Waals surface area contributed by atoms with Crippen molar-refractivity contribution in [3.8, 4) is 28.3 Å². The molecule has 1 aliphatic heterocycles. The highest BCUT2D eigenvalue weighted by Gasteiger charge is 2.21. The van der Waals surface area contributed by atoms with E-state index in [9.17, 15) is 14.4 Å². The molecule has 5 rings (SSSR count). The lowest BCUT2D eigenvalue weighted by Crippen LogP contribution is -2.35. The van der Waals surface area contributed by atoms with E-state index < -0.39 is 5.97 Å². The summed E-state index contributed by atoms with van der Waals surface area (Å²) in [6, 6.07) is 11.3. The summed E-state index contributed by atoms with van der Waals surface area (Å²) in [5, 5.41) is 22.9. The molecule has 0 unspecified atom stereocenters. The lowest BCUT2D eigenvalue weighted by atomic mass is 10.0. The number of halogens is 1. The van der Waals surface area contributed by atoms with E-state index in [0.717, 1.165) is 12.0 Å². The van der Waals surface area contributed by atoms with Crippen LogP contribution in [0.5, 0.6) is 5.88 Å². The molecule has 12 nitrogen and oxygen atoms in total. The number of carbonyl (C=O) groups is 2. The zero-order valence-electron chi connectivity index (χ0n) is 22.6. The Labute approximate surface area is 240 Å². The van der Waals surface area contributed by atoms with Crippen LogP contribution >= 0.6 is 11.6 Å². The SMILES string of the molecule is COc1nc(-c2cccc(-c3cc4c(=O)n(C)c(CNCC(=O)O)nn4c3)c2Cl)ccc1CNC[C@@H]1CCC(=O)N1. The summed E-state index contributed by atoms with van der Waals surface area (Å²) < 4.78 is 8.44. The van der Waals surface area contributed by atoms with Crippen molar-refractivity contribution in [2.75, 3.05) is 20.2 Å². The number of carboxylic acids is 1. The first kappa shape index (κ1) is 28.3. The minimum absolute atomic E-state index is 0.0849. The monoisotopic (exact) mass is 579 g/mol. The number of fused-ring (bicyclic) bond motifs is 1. The Balaban J connectivity index is 1.39. The van der Waals surface area contributed by atoms with Gasteiger partial charge in [0.25, 0.3) is 5.56 Å². The first-order valence-electron chi connectivity index (χ1n) is 13.1. The second kappa shape index (κ2) is 12.1. The van der Waals surface area contributed by atoms with Gasteiger partial charge in [0.15, 0.2) is 0 Å². The van der Waals surface area contributed by atoms with Crippen LogP contribution in [0, 0.1) is 0 Å². The Morgan fingerprint density at radius 2 is 2.00 bits per heavy atom. The average Bonchev–Trinajstić information content (AvgIpc) is 3.57. The summed E-state index contributed by atoms with van der Waals surface area (Å²) in [6.45, 7) is 1.07. The van der Waals surface area contributed by atoms with E-state index in [0.29, 0.717) is 64.1 Å². The molecule has 1 aliphatic rings. The van der Waals surface area contributed by atoms with Gasteiger partial charge in [0.2, 0.25) is 11.8 Å². The number of carboxylic acid groups (broad SMARTS) is 1. The van der Waals surface area contributed by atoms with Crippen LogP contribution in [-0.4, -0.2) is 62.4 Å². The van der Waals surface area contributed by atoms with E-state index in [1.807, 2.05) is 30.3 Å². The number of benzene rings is 1. The molecule has 1 saturated heterocycles. The molecule has 0 bridgehead atoms. The van der Waals surface area contributed by atoms with Crippen LogP contribution < -0.4 is 26.2 Å². The smallest absolute Gasteiger partial charge is 0.317 e. The predicted molar refractivity (Wildman–Crippen MR) is 153 cm³/mol. The highest BCUT2D eigenvalue weighted by molar-refractivity contribution is 6.36. The van der Waals surface area contributed by atoms with E-state index in [-0.39, 0.29) is 30.6 Å². The minimum Gasteiger partial charge on any atom is -0.481 e. The Bertz CT molecular complexity index is 1680. The van der Waals surface area contributed by atoms with E-state index in [4.69, 9.17) is 26.4 Å². The van der Waals surface area contributed by atoms with E-state index in [1.165, 1.54) is 9.08 Å². The fraction of sp³-hybridized carbons (Fsp3) is 0.321. The number of carbonyl (C=O) groups excluding carboxylic acids is 1. The molecule has 3 aromatic heterocycles. The minimum atomic E-state index is -0.997. The zero-order valence-corrected chi connectivity index (χ0v) is 23.4. The van der Waals surface area contributed by atoms with Gasteiger partial charge in [0.1, 0.15) is 11.3 Å². The van der Waals surface area contributed by atoms with Gasteiger partial charge in [-0.1, -0.05) is 35.9 Å². The summed E-state index contributed by atoms with van der Waals surface area (Å²) in [4.78, 5) is 40.0. The largest absolute Gasteiger partial charge is 0.481 e. The van der Waals surface area contributed by atoms with E-state index in [1.54, 1.807) is 26.4 Å². The van der Waals surface area contributed by atoms with Gasteiger partial charge in [-0.15, -0.1) is 0 Å². The molecule has 0 radical (unpaired) electrons. The molecule has 0 saturated carbocycles. The maximum atomic E-state index is 13.0. The van der Waals surface area contributed by atoms with Crippen molar-refractivity contribution in [1.29, 1.82) is 0 Å². The maximum absolute atomic E-state index is 13.0. The van der Waals surface area contributed by atoms with Gasteiger partial charge in [0, 0.05) is 61.1 Å². The number of aromatic nitrogens is 4. The van der Waals surface area contributed by atoms with Gasteiger partial charge in [-0.2, -0.15) is 5.10 Å². The van der Waals surface area contributed by atoms with E-state index >= 15 is 0 Å². The third-order valence-corrected chi connectivity index (χ3v) is 7.41. The van der Waals surface area contributed by atoms with Crippen LogP contribution in [0.4, 0.5) is 0 Å². The molecule has 1 amide bonds. The Morgan fingerprint density at radius 3 is 2.73 bits per heavy atom. The van der Waals surface area contributed by atoms with Gasteiger partial charge in [-0.25, -0.2) is 9.50 Å². The molecule has 4 heterocycles. The highest BCUT2D eigenvalue weighted by atomic mass is 35.5. The Morgan fingerprint density at radius 1 is 1.20 bits per heavy atom. The average molecular weight is 580 g/mol. The summed E-state index contributed by atoms with van der Waals surface area (Å²) >= 11 is 6.90. The topological polar surface area (TPSA) is 152 Å². The summed E-state index contributed by atoms with van der Waals surface area (Å²) in [5.41, 5.74) is 3.70. The molecular weight excluding hydrogens is 550 g/mol. The quantitative estimate of drug-likeness (QED) is 0.209. The number of amides is 1. The Hall–Kier alpha value is -4.26. The second-order valence-corrected chi connectivity index (χ2v) is 10.2. The summed E-state index contributed by atoms with van der Waals surface area (Å²) in [5.74, 6) is -0.0486. The molecule has 1 fully saturated rings. The van der Waals surface area contributed by atoms with Gasteiger partial charge in [0.05, 0.1) is 30.9 Å². The maximum Gasteiger partial charge on any atom is 0.317 e. The number of pyridine rings is 1. The molecular formula is C28H30ClN7O5. The molecule has 1 aromatic carbocycles.